The van der Waals surface area contributed by atoms with Gasteiger partial charge in [0.2, 0.25) is 0 Å². The predicted molar refractivity (Wildman–Crippen MR) is 140 cm³/mol. The van der Waals surface area contributed by atoms with E-state index in [4.69, 9.17) is 16.3 Å². The van der Waals surface area contributed by atoms with Gasteiger partial charge in [-0.25, -0.2) is 0 Å². The van der Waals surface area contributed by atoms with Crippen molar-refractivity contribution in [1.82, 2.24) is 4.90 Å². The highest BCUT2D eigenvalue weighted by molar-refractivity contribution is 7.98. The van der Waals surface area contributed by atoms with Crippen LogP contribution >= 0.6 is 23.4 Å². The van der Waals surface area contributed by atoms with Crippen molar-refractivity contribution in [3.8, 4) is 5.75 Å². The highest BCUT2D eigenvalue weighted by Crippen LogP contribution is 2.39. The molecule has 2 aliphatic rings. The number of benzene rings is 3. The zero-order chi connectivity index (χ0) is 23.7. The van der Waals surface area contributed by atoms with E-state index in [-0.39, 0.29) is 24.1 Å². The van der Waals surface area contributed by atoms with Gasteiger partial charge >= 0.3 is 0 Å². The number of hydrogen-bond acceptors (Lipinski definition) is 3. The lowest BCUT2D eigenvalue weighted by Gasteiger charge is -2.39. The van der Waals surface area contributed by atoms with Crippen LogP contribution in [0.2, 0.25) is 5.02 Å². The van der Waals surface area contributed by atoms with Crippen molar-refractivity contribution in [1.29, 1.82) is 0 Å². The Labute approximate surface area is 211 Å². The minimum Gasteiger partial charge on any atom is -0.489 e. The SMILES string of the molecule is Cc1ccc(Cl)c(OC2CC3CCC(C2)N3C(=O)c2ccc(CSc3ccccc3C)cc2)c1. The lowest BCUT2D eigenvalue weighted by atomic mass is 9.98. The van der Waals surface area contributed by atoms with Crippen LogP contribution in [0, 0.1) is 13.8 Å². The van der Waals surface area contributed by atoms with E-state index in [2.05, 4.69) is 48.2 Å². The largest absolute Gasteiger partial charge is 0.489 e. The number of aryl methyl sites for hydroxylation is 2. The molecule has 3 aromatic rings. The molecule has 2 bridgehead atoms. The molecular formula is C29H30ClNO2S. The van der Waals surface area contributed by atoms with Crippen molar-refractivity contribution < 1.29 is 9.53 Å². The number of thioether (sulfide) groups is 1. The van der Waals surface area contributed by atoms with Gasteiger partial charge in [0, 0.05) is 41.1 Å². The summed E-state index contributed by atoms with van der Waals surface area (Å²) in [6.45, 7) is 4.18. The zero-order valence-electron chi connectivity index (χ0n) is 19.7. The second-order valence-corrected chi connectivity index (χ2v) is 10.9. The van der Waals surface area contributed by atoms with Gasteiger partial charge in [-0.15, -0.1) is 11.8 Å². The lowest BCUT2D eigenvalue weighted by molar-refractivity contribution is 0.0359. The molecule has 2 fully saturated rings. The van der Waals surface area contributed by atoms with Gasteiger partial charge in [0.25, 0.3) is 5.91 Å². The average molecular weight is 492 g/mol. The highest BCUT2D eigenvalue weighted by Gasteiger charge is 2.44. The topological polar surface area (TPSA) is 29.5 Å². The molecule has 2 heterocycles. The molecule has 0 aliphatic carbocycles. The fourth-order valence-electron chi connectivity index (χ4n) is 5.21. The first-order valence-corrected chi connectivity index (χ1v) is 13.4. The Balaban J connectivity index is 1.21. The number of nitrogens with zero attached hydrogens (tertiary/aromatic N) is 1. The van der Waals surface area contributed by atoms with Crippen molar-refractivity contribution >= 4 is 29.3 Å². The number of carbonyl (C=O) groups is 1. The minimum atomic E-state index is 0.0988. The Morgan fingerprint density at radius 2 is 1.71 bits per heavy atom. The lowest BCUT2D eigenvalue weighted by Crippen LogP contribution is -2.49. The van der Waals surface area contributed by atoms with Gasteiger partial charge in [0.15, 0.2) is 0 Å². The summed E-state index contributed by atoms with van der Waals surface area (Å²) in [6.07, 6.45) is 3.91. The molecule has 5 heteroatoms. The number of halogens is 1. The second-order valence-electron chi connectivity index (χ2n) is 9.49. The fraction of sp³-hybridized carbons (Fsp3) is 0.345. The number of hydrogen-bond donors (Lipinski definition) is 0. The Morgan fingerprint density at radius 1 is 1.00 bits per heavy atom. The van der Waals surface area contributed by atoms with Gasteiger partial charge in [0.05, 0.1) is 5.02 Å². The summed E-state index contributed by atoms with van der Waals surface area (Å²) in [5.41, 5.74) is 4.44. The molecule has 0 N–H and O–H groups in total. The second kappa shape index (κ2) is 10.1. The van der Waals surface area contributed by atoms with Crippen molar-refractivity contribution in [2.45, 2.75) is 68.4 Å². The zero-order valence-corrected chi connectivity index (χ0v) is 21.2. The molecule has 2 aliphatic heterocycles. The molecule has 176 valence electrons. The molecule has 2 atom stereocenters. The van der Waals surface area contributed by atoms with Gasteiger partial charge in [-0.05, 0) is 73.7 Å². The molecule has 0 aromatic heterocycles. The number of carbonyl (C=O) groups excluding carboxylic acids is 1. The Kier molecular flexibility index (Phi) is 6.89. The maximum atomic E-state index is 13.4. The van der Waals surface area contributed by atoms with E-state index < -0.39 is 0 Å². The molecular weight excluding hydrogens is 462 g/mol. The average Bonchev–Trinajstić information content (AvgIpc) is 3.11. The fourth-order valence-corrected chi connectivity index (χ4v) is 6.35. The third-order valence-electron chi connectivity index (χ3n) is 6.99. The van der Waals surface area contributed by atoms with Crippen molar-refractivity contribution in [3.05, 3.63) is 94.0 Å². The van der Waals surface area contributed by atoms with Crippen LogP contribution in [0.5, 0.6) is 5.75 Å². The maximum absolute atomic E-state index is 13.4. The van der Waals surface area contributed by atoms with E-state index >= 15 is 0 Å². The molecule has 5 rings (SSSR count). The van der Waals surface area contributed by atoms with Gasteiger partial charge in [-0.2, -0.15) is 0 Å². The predicted octanol–water partition coefficient (Wildman–Crippen LogP) is 7.46. The summed E-state index contributed by atoms with van der Waals surface area (Å²) < 4.78 is 6.30. The van der Waals surface area contributed by atoms with E-state index in [9.17, 15) is 4.79 Å². The molecule has 0 spiro atoms. The molecule has 0 saturated carbocycles. The van der Waals surface area contributed by atoms with E-state index in [1.54, 1.807) is 0 Å². The van der Waals surface area contributed by atoms with Gasteiger partial charge in [0.1, 0.15) is 11.9 Å². The summed E-state index contributed by atoms with van der Waals surface area (Å²) in [5.74, 6) is 1.80. The van der Waals surface area contributed by atoms with E-state index in [1.807, 2.05) is 49.0 Å². The smallest absolute Gasteiger partial charge is 0.254 e. The molecule has 3 aromatic carbocycles. The number of fused-ring (bicyclic) bond motifs is 2. The van der Waals surface area contributed by atoms with Crippen LogP contribution in [0.25, 0.3) is 0 Å². The molecule has 2 saturated heterocycles. The standard InChI is InChI=1S/C29H30ClNO2S/c1-19-7-14-26(30)27(15-19)33-25-16-23-12-13-24(17-25)31(23)29(32)22-10-8-21(9-11-22)18-34-28-6-4-3-5-20(28)2/h3-11,14-15,23-25H,12-13,16-18H2,1-2H3. The molecule has 3 nitrogen and oxygen atoms in total. The quantitative estimate of drug-likeness (QED) is 0.335. The van der Waals surface area contributed by atoms with Crippen molar-refractivity contribution in [2.24, 2.45) is 0 Å². The summed E-state index contributed by atoms with van der Waals surface area (Å²) >= 11 is 8.19. The third-order valence-corrected chi connectivity index (χ3v) is 8.55. The monoisotopic (exact) mass is 491 g/mol. The van der Waals surface area contributed by atoms with Gasteiger partial charge in [-0.3, -0.25) is 4.79 Å². The Bertz CT molecular complexity index is 1170. The van der Waals surface area contributed by atoms with Crippen LogP contribution in [-0.4, -0.2) is 29.0 Å². The van der Waals surface area contributed by atoms with Crippen molar-refractivity contribution in [2.75, 3.05) is 0 Å². The molecule has 34 heavy (non-hydrogen) atoms. The van der Waals surface area contributed by atoms with E-state index in [0.717, 1.165) is 48.3 Å². The summed E-state index contributed by atoms with van der Waals surface area (Å²) in [4.78, 5) is 16.8. The van der Waals surface area contributed by atoms with Crippen LogP contribution < -0.4 is 4.74 Å². The number of piperidine rings is 1. The number of rotatable bonds is 6. The van der Waals surface area contributed by atoms with Crippen molar-refractivity contribution in [3.63, 3.8) is 0 Å². The first-order valence-electron chi connectivity index (χ1n) is 12.0. The van der Waals surface area contributed by atoms with E-state index in [1.165, 1.54) is 16.0 Å². The van der Waals surface area contributed by atoms with Crippen LogP contribution in [-0.2, 0) is 5.75 Å². The normalized spacial score (nSPS) is 21.5. The third kappa shape index (κ3) is 4.99. The van der Waals surface area contributed by atoms with E-state index in [0.29, 0.717) is 5.02 Å². The van der Waals surface area contributed by atoms with Crippen LogP contribution in [0.3, 0.4) is 0 Å². The number of ether oxygens (including phenoxy) is 1. The Hall–Kier alpha value is -2.43. The first-order chi connectivity index (χ1) is 16.5. The molecule has 2 unspecified atom stereocenters. The van der Waals surface area contributed by atoms with Gasteiger partial charge < -0.3 is 9.64 Å². The number of amides is 1. The first kappa shape index (κ1) is 23.3. The highest BCUT2D eigenvalue weighted by atomic mass is 35.5. The maximum Gasteiger partial charge on any atom is 0.254 e. The summed E-state index contributed by atoms with van der Waals surface area (Å²) in [7, 11) is 0. The molecule has 1 amide bonds. The van der Waals surface area contributed by atoms with Crippen LogP contribution in [0.1, 0.15) is 52.7 Å². The minimum absolute atomic E-state index is 0.0988. The Morgan fingerprint density at radius 3 is 2.41 bits per heavy atom. The summed E-state index contributed by atoms with van der Waals surface area (Å²) in [6, 6.07) is 23.0. The molecule has 0 radical (unpaired) electrons. The van der Waals surface area contributed by atoms with Crippen LogP contribution in [0.15, 0.2) is 71.6 Å². The summed E-state index contributed by atoms with van der Waals surface area (Å²) in [5, 5.41) is 0.650. The van der Waals surface area contributed by atoms with Crippen LogP contribution in [0.4, 0.5) is 0 Å². The van der Waals surface area contributed by atoms with Gasteiger partial charge in [-0.1, -0.05) is 48.0 Å².